The summed E-state index contributed by atoms with van der Waals surface area (Å²) in [4.78, 5) is 9.28. The topological polar surface area (TPSA) is 54.5 Å². The lowest BCUT2D eigenvalue weighted by atomic mass is 9.86. The molecule has 3 heterocycles. The van der Waals surface area contributed by atoms with Crippen molar-refractivity contribution < 1.29 is 0 Å². The molecule has 1 aromatic carbocycles. The van der Waals surface area contributed by atoms with E-state index in [9.17, 15) is 0 Å². The highest BCUT2D eigenvalue weighted by Gasteiger charge is 2.20. The van der Waals surface area contributed by atoms with Crippen molar-refractivity contribution in [3.8, 4) is 11.3 Å². The lowest BCUT2D eigenvalue weighted by Gasteiger charge is -2.21. The highest BCUT2D eigenvalue weighted by atomic mass is 15.1. The summed E-state index contributed by atoms with van der Waals surface area (Å²) in [7, 11) is 0. The molecule has 0 radical (unpaired) electrons. The fraction of sp³-hybridized carbons (Fsp3) is 0.211. The number of hydrogen-bond acceptors (Lipinski definition) is 3. The van der Waals surface area contributed by atoms with E-state index in [-0.39, 0.29) is 0 Å². The Balaban J connectivity index is 1.92. The molecule has 4 aromatic rings. The minimum absolute atomic E-state index is 1.05. The Labute approximate surface area is 133 Å². The number of nitrogens with one attached hydrogen (secondary N) is 1. The summed E-state index contributed by atoms with van der Waals surface area (Å²) in [6.45, 7) is 0. The van der Waals surface area contributed by atoms with Gasteiger partial charge in [-0.2, -0.15) is 5.10 Å². The van der Waals surface area contributed by atoms with Gasteiger partial charge in [0.05, 0.1) is 22.9 Å². The third-order valence-electron chi connectivity index (χ3n) is 4.82. The van der Waals surface area contributed by atoms with Gasteiger partial charge in [0.2, 0.25) is 0 Å². The molecule has 0 atom stereocenters. The monoisotopic (exact) mass is 300 g/mol. The number of hydrogen-bond donors (Lipinski definition) is 1. The second-order valence-electron chi connectivity index (χ2n) is 6.16. The molecular weight excluding hydrogens is 284 g/mol. The van der Waals surface area contributed by atoms with Gasteiger partial charge in [-0.15, -0.1) is 0 Å². The van der Waals surface area contributed by atoms with E-state index in [4.69, 9.17) is 4.98 Å². The zero-order valence-corrected chi connectivity index (χ0v) is 12.7. The standard InChI is InChI=1S/C19H16N4/c1-2-6-14-13(5-1)18-15-11-21-23-16(15)7-8-17(18)22-19(14)12-4-3-9-20-10-12/h3-4,7-11H,1-2,5-6H2,(H,21,23). The van der Waals surface area contributed by atoms with Crippen LogP contribution in [0.3, 0.4) is 0 Å². The number of aromatic nitrogens is 4. The van der Waals surface area contributed by atoms with Crippen LogP contribution in [0.1, 0.15) is 24.0 Å². The van der Waals surface area contributed by atoms with Crippen LogP contribution < -0.4 is 0 Å². The zero-order valence-electron chi connectivity index (χ0n) is 12.7. The highest BCUT2D eigenvalue weighted by Crippen LogP contribution is 2.37. The second kappa shape index (κ2) is 4.88. The lowest BCUT2D eigenvalue weighted by molar-refractivity contribution is 0.689. The third kappa shape index (κ3) is 1.88. The van der Waals surface area contributed by atoms with E-state index < -0.39 is 0 Å². The molecule has 23 heavy (non-hydrogen) atoms. The van der Waals surface area contributed by atoms with Gasteiger partial charge in [-0.25, -0.2) is 4.98 Å². The van der Waals surface area contributed by atoms with Gasteiger partial charge >= 0.3 is 0 Å². The molecule has 0 saturated carbocycles. The van der Waals surface area contributed by atoms with Crippen LogP contribution in [0.2, 0.25) is 0 Å². The molecule has 0 fully saturated rings. The van der Waals surface area contributed by atoms with Gasteiger partial charge in [-0.1, -0.05) is 0 Å². The summed E-state index contributed by atoms with van der Waals surface area (Å²) in [6.07, 6.45) is 10.3. The van der Waals surface area contributed by atoms with Gasteiger partial charge in [0.15, 0.2) is 0 Å². The molecule has 5 rings (SSSR count). The molecule has 0 unspecified atom stereocenters. The first-order chi connectivity index (χ1) is 11.4. The van der Waals surface area contributed by atoms with Crippen LogP contribution in [0, 0.1) is 0 Å². The number of rotatable bonds is 1. The van der Waals surface area contributed by atoms with E-state index in [1.807, 2.05) is 24.7 Å². The van der Waals surface area contributed by atoms with Crippen molar-refractivity contribution in [3.63, 3.8) is 0 Å². The second-order valence-corrected chi connectivity index (χ2v) is 6.16. The van der Waals surface area contributed by atoms with Gasteiger partial charge in [0, 0.05) is 28.7 Å². The predicted molar refractivity (Wildman–Crippen MR) is 91.3 cm³/mol. The van der Waals surface area contributed by atoms with Crippen molar-refractivity contribution >= 4 is 21.8 Å². The summed E-state index contributed by atoms with van der Waals surface area (Å²) >= 11 is 0. The van der Waals surface area contributed by atoms with Crippen LogP contribution >= 0.6 is 0 Å². The molecule has 4 nitrogen and oxygen atoms in total. The first-order valence-electron chi connectivity index (χ1n) is 8.10. The summed E-state index contributed by atoms with van der Waals surface area (Å²) in [6, 6.07) is 8.26. The molecule has 0 saturated heterocycles. The lowest BCUT2D eigenvalue weighted by Crippen LogP contribution is -2.07. The maximum atomic E-state index is 5.01. The Morgan fingerprint density at radius 2 is 1.87 bits per heavy atom. The molecule has 0 spiro atoms. The van der Waals surface area contributed by atoms with E-state index in [2.05, 4.69) is 33.4 Å². The first kappa shape index (κ1) is 12.8. The Kier molecular flexibility index (Phi) is 2.71. The van der Waals surface area contributed by atoms with Crippen molar-refractivity contribution in [1.82, 2.24) is 20.2 Å². The van der Waals surface area contributed by atoms with E-state index >= 15 is 0 Å². The molecule has 4 heteroatoms. The molecule has 0 bridgehead atoms. The van der Waals surface area contributed by atoms with Crippen LogP contribution in [0.4, 0.5) is 0 Å². The number of aromatic amines is 1. The van der Waals surface area contributed by atoms with Gasteiger partial charge in [-0.3, -0.25) is 10.1 Å². The van der Waals surface area contributed by atoms with Crippen LogP contribution in [-0.4, -0.2) is 20.2 Å². The number of nitrogens with zero attached hydrogens (tertiary/aromatic N) is 3. The van der Waals surface area contributed by atoms with Gasteiger partial charge in [-0.05, 0) is 61.1 Å². The molecule has 3 aromatic heterocycles. The van der Waals surface area contributed by atoms with Crippen molar-refractivity contribution in [2.45, 2.75) is 25.7 Å². The third-order valence-corrected chi connectivity index (χ3v) is 4.82. The number of H-pyrrole nitrogens is 1. The van der Waals surface area contributed by atoms with E-state index in [1.54, 1.807) is 0 Å². The maximum Gasteiger partial charge on any atom is 0.0759 e. The largest absolute Gasteiger partial charge is 0.278 e. The molecular formula is C19H16N4. The van der Waals surface area contributed by atoms with E-state index in [0.29, 0.717) is 0 Å². The van der Waals surface area contributed by atoms with Crippen molar-refractivity contribution in [1.29, 1.82) is 0 Å². The molecule has 1 aliphatic carbocycles. The van der Waals surface area contributed by atoms with Crippen molar-refractivity contribution in [3.05, 3.63) is 54.0 Å². The van der Waals surface area contributed by atoms with Crippen LogP contribution in [0.5, 0.6) is 0 Å². The molecule has 112 valence electrons. The number of pyridine rings is 2. The molecule has 1 aliphatic rings. The molecule has 0 aliphatic heterocycles. The summed E-state index contributed by atoms with van der Waals surface area (Å²) in [5.41, 5.74) is 7.19. The Morgan fingerprint density at radius 3 is 2.74 bits per heavy atom. The minimum atomic E-state index is 1.05. The van der Waals surface area contributed by atoms with E-state index in [1.165, 1.54) is 34.7 Å². The van der Waals surface area contributed by atoms with Crippen LogP contribution in [0.15, 0.2) is 42.9 Å². The quantitative estimate of drug-likeness (QED) is 0.577. The average Bonchev–Trinajstić information content (AvgIpc) is 3.10. The van der Waals surface area contributed by atoms with Gasteiger partial charge in [0.25, 0.3) is 0 Å². The number of benzene rings is 1. The first-order valence-corrected chi connectivity index (χ1v) is 8.10. The summed E-state index contributed by atoms with van der Waals surface area (Å²) in [5, 5.41) is 9.76. The molecule has 0 amide bonds. The smallest absolute Gasteiger partial charge is 0.0759 e. The number of aryl methyl sites for hydroxylation is 1. The van der Waals surface area contributed by atoms with Crippen molar-refractivity contribution in [2.75, 3.05) is 0 Å². The average molecular weight is 300 g/mol. The van der Waals surface area contributed by atoms with Gasteiger partial charge in [0.1, 0.15) is 0 Å². The maximum absolute atomic E-state index is 5.01. The predicted octanol–water partition coefficient (Wildman–Crippen LogP) is 4.05. The van der Waals surface area contributed by atoms with Gasteiger partial charge < -0.3 is 0 Å². The highest BCUT2D eigenvalue weighted by molar-refractivity contribution is 6.07. The normalized spacial score (nSPS) is 14.3. The molecule has 1 N–H and O–H groups in total. The minimum Gasteiger partial charge on any atom is -0.278 e. The van der Waals surface area contributed by atoms with Crippen molar-refractivity contribution in [2.24, 2.45) is 0 Å². The fourth-order valence-corrected chi connectivity index (χ4v) is 3.79. The summed E-state index contributed by atoms with van der Waals surface area (Å²) in [5.74, 6) is 0. The van der Waals surface area contributed by atoms with Crippen LogP contribution in [-0.2, 0) is 12.8 Å². The Bertz CT molecular complexity index is 1020. The SMILES string of the molecule is c1cncc(-c2nc3ccc4[nH]ncc4c3c3c2CCCC3)c1. The fourth-order valence-electron chi connectivity index (χ4n) is 3.79. The van der Waals surface area contributed by atoms with Crippen LogP contribution in [0.25, 0.3) is 33.1 Å². The number of fused-ring (bicyclic) bond motifs is 5. The Hall–Kier alpha value is -2.75. The van der Waals surface area contributed by atoms with E-state index in [0.717, 1.165) is 35.1 Å². The summed E-state index contributed by atoms with van der Waals surface area (Å²) < 4.78 is 0. The Morgan fingerprint density at radius 1 is 0.957 bits per heavy atom. The zero-order chi connectivity index (χ0) is 15.2.